The van der Waals surface area contributed by atoms with E-state index in [1.807, 2.05) is 0 Å². The van der Waals surface area contributed by atoms with Gasteiger partial charge in [-0.3, -0.25) is 0 Å². The van der Waals surface area contributed by atoms with Crippen molar-refractivity contribution in [3.8, 4) is 0 Å². The van der Waals surface area contributed by atoms with Crippen LogP contribution in [-0.4, -0.2) is 57.5 Å². The van der Waals surface area contributed by atoms with Gasteiger partial charge in [0, 0.05) is 19.6 Å². The topological polar surface area (TPSA) is 49.4 Å². The van der Waals surface area contributed by atoms with Gasteiger partial charge in [-0.2, -0.15) is 0 Å². The Hall–Kier alpha value is -0.130. The second kappa shape index (κ2) is 5.68. The van der Waals surface area contributed by atoms with Crippen molar-refractivity contribution in [1.29, 1.82) is 0 Å². The Labute approximate surface area is 86.6 Å². The van der Waals surface area contributed by atoms with E-state index in [2.05, 4.69) is 17.1 Å². The molecule has 0 aromatic carbocycles. The molecule has 1 N–H and O–H groups in total. The van der Waals surface area contributed by atoms with Crippen molar-refractivity contribution in [3.05, 3.63) is 0 Å². The summed E-state index contributed by atoms with van der Waals surface area (Å²) in [6.45, 7) is 6.59. The molecule has 1 heterocycles. The molecule has 0 bridgehead atoms. The monoisotopic (exact) mass is 220 g/mol. The first-order chi connectivity index (χ1) is 6.64. The summed E-state index contributed by atoms with van der Waals surface area (Å²) in [7, 11) is -2.74. The summed E-state index contributed by atoms with van der Waals surface area (Å²) in [5.74, 6) is 0.698. The zero-order valence-electron chi connectivity index (χ0n) is 8.83. The predicted octanol–water partition coefficient (Wildman–Crippen LogP) is -0.284. The third-order valence-electron chi connectivity index (χ3n) is 2.50. The van der Waals surface area contributed by atoms with Crippen LogP contribution in [0.1, 0.15) is 13.3 Å². The molecule has 0 aromatic rings. The van der Waals surface area contributed by atoms with Crippen molar-refractivity contribution in [2.75, 3.05) is 44.2 Å². The third-order valence-corrected chi connectivity index (χ3v) is 4.22. The van der Waals surface area contributed by atoms with E-state index in [4.69, 9.17) is 0 Å². The molecule has 14 heavy (non-hydrogen) atoms. The Morgan fingerprint density at radius 3 is 2.79 bits per heavy atom. The Morgan fingerprint density at radius 1 is 1.29 bits per heavy atom. The van der Waals surface area contributed by atoms with E-state index < -0.39 is 9.84 Å². The highest BCUT2D eigenvalue weighted by Gasteiger charge is 2.18. The van der Waals surface area contributed by atoms with E-state index in [0.717, 1.165) is 32.6 Å². The minimum absolute atomic E-state index is 0.332. The summed E-state index contributed by atoms with van der Waals surface area (Å²) < 4.78 is 22.6. The lowest BCUT2D eigenvalue weighted by molar-refractivity contribution is 0.295. The van der Waals surface area contributed by atoms with Crippen molar-refractivity contribution in [1.82, 2.24) is 10.2 Å². The first kappa shape index (κ1) is 11.9. The molecule has 0 saturated carbocycles. The van der Waals surface area contributed by atoms with Gasteiger partial charge in [0.25, 0.3) is 0 Å². The molecular weight excluding hydrogens is 200 g/mol. The first-order valence-corrected chi connectivity index (χ1v) is 7.09. The van der Waals surface area contributed by atoms with Gasteiger partial charge >= 0.3 is 0 Å². The van der Waals surface area contributed by atoms with Crippen LogP contribution in [-0.2, 0) is 9.84 Å². The van der Waals surface area contributed by atoms with E-state index >= 15 is 0 Å². The quantitative estimate of drug-likeness (QED) is 0.662. The minimum atomic E-state index is -2.74. The van der Waals surface area contributed by atoms with Gasteiger partial charge in [0.1, 0.15) is 0 Å². The lowest BCUT2D eigenvalue weighted by Gasteiger charge is -2.18. The van der Waals surface area contributed by atoms with Crippen molar-refractivity contribution < 1.29 is 8.42 Å². The molecule has 5 heteroatoms. The van der Waals surface area contributed by atoms with Crippen LogP contribution in [0.25, 0.3) is 0 Å². The lowest BCUT2D eigenvalue weighted by Crippen LogP contribution is -2.34. The van der Waals surface area contributed by atoms with Gasteiger partial charge in [-0.1, -0.05) is 6.92 Å². The summed E-state index contributed by atoms with van der Waals surface area (Å²) in [5.41, 5.74) is 0. The molecule has 1 fully saturated rings. The van der Waals surface area contributed by atoms with E-state index in [9.17, 15) is 8.42 Å². The molecule has 1 aliphatic rings. The van der Waals surface area contributed by atoms with Crippen LogP contribution in [0.5, 0.6) is 0 Å². The van der Waals surface area contributed by atoms with Crippen LogP contribution in [0, 0.1) is 0 Å². The fourth-order valence-corrected chi connectivity index (χ4v) is 2.94. The number of likely N-dealkylation sites (N-methyl/N-ethyl adjacent to an activating group) is 1. The van der Waals surface area contributed by atoms with Gasteiger partial charge in [0.05, 0.1) is 11.5 Å². The number of hydrogen-bond acceptors (Lipinski definition) is 4. The van der Waals surface area contributed by atoms with E-state index in [-0.39, 0.29) is 0 Å². The fourth-order valence-electron chi connectivity index (χ4n) is 1.63. The maximum Gasteiger partial charge on any atom is 0.151 e. The van der Waals surface area contributed by atoms with Gasteiger partial charge < -0.3 is 10.2 Å². The van der Waals surface area contributed by atoms with E-state index in [1.165, 1.54) is 0 Å². The molecule has 0 radical (unpaired) electrons. The molecule has 0 spiro atoms. The fraction of sp³-hybridized carbons (Fsp3) is 1.00. The summed E-state index contributed by atoms with van der Waals surface area (Å²) in [5, 5.41) is 3.25. The Bertz CT molecular complexity index is 252. The SMILES string of the molecule is CCNCCN1CCCS(=O)(=O)CC1. The zero-order valence-corrected chi connectivity index (χ0v) is 9.65. The summed E-state index contributed by atoms with van der Waals surface area (Å²) >= 11 is 0. The molecule has 0 unspecified atom stereocenters. The highest BCUT2D eigenvalue weighted by Crippen LogP contribution is 2.03. The van der Waals surface area contributed by atoms with Crippen molar-refractivity contribution in [2.24, 2.45) is 0 Å². The largest absolute Gasteiger partial charge is 0.316 e. The molecule has 1 saturated heterocycles. The van der Waals surface area contributed by atoms with Crippen molar-refractivity contribution >= 4 is 9.84 Å². The predicted molar refractivity (Wildman–Crippen MR) is 58.3 cm³/mol. The van der Waals surface area contributed by atoms with E-state index in [0.29, 0.717) is 18.1 Å². The normalized spacial score (nSPS) is 23.2. The Balaban J connectivity index is 2.28. The molecule has 0 atom stereocenters. The highest BCUT2D eigenvalue weighted by molar-refractivity contribution is 7.91. The molecule has 0 aliphatic carbocycles. The Kier molecular flexibility index (Phi) is 4.84. The van der Waals surface area contributed by atoms with Gasteiger partial charge in [0.15, 0.2) is 9.84 Å². The number of hydrogen-bond donors (Lipinski definition) is 1. The molecule has 4 nitrogen and oxygen atoms in total. The smallest absolute Gasteiger partial charge is 0.151 e. The van der Waals surface area contributed by atoms with Gasteiger partial charge in [-0.05, 0) is 19.5 Å². The van der Waals surface area contributed by atoms with Gasteiger partial charge in [-0.25, -0.2) is 8.42 Å². The number of sulfone groups is 1. The van der Waals surface area contributed by atoms with Crippen LogP contribution in [0.3, 0.4) is 0 Å². The average molecular weight is 220 g/mol. The Morgan fingerprint density at radius 2 is 2.07 bits per heavy atom. The molecular formula is C9H20N2O2S. The molecule has 84 valence electrons. The van der Waals surface area contributed by atoms with Gasteiger partial charge in [0.2, 0.25) is 0 Å². The summed E-state index contributed by atoms with van der Waals surface area (Å²) in [6, 6.07) is 0. The van der Waals surface area contributed by atoms with Crippen molar-refractivity contribution in [3.63, 3.8) is 0 Å². The molecule has 1 aliphatic heterocycles. The first-order valence-electron chi connectivity index (χ1n) is 5.27. The average Bonchev–Trinajstić information content (AvgIpc) is 2.28. The molecule has 1 rings (SSSR count). The summed E-state index contributed by atoms with van der Waals surface area (Å²) in [4.78, 5) is 2.23. The standard InChI is InChI=1S/C9H20N2O2S/c1-2-10-4-6-11-5-3-8-14(12,13)9-7-11/h10H,2-9H2,1H3. The minimum Gasteiger partial charge on any atom is -0.316 e. The maximum absolute atomic E-state index is 11.3. The number of nitrogens with one attached hydrogen (secondary N) is 1. The maximum atomic E-state index is 11.3. The van der Waals surface area contributed by atoms with Crippen LogP contribution in [0.2, 0.25) is 0 Å². The van der Waals surface area contributed by atoms with Crippen LogP contribution in [0.15, 0.2) is 0 Å². The zero-order chi connectivity index (χ0) is 10.4. The molecule has 0 aromatic heterocycles. The van der Waals surface area contributed by atoms with Gasteiger partial charge in [-0.15, -0.1) is 0 Å². The second-order valence-electron chi connectivity index (χ2n) is 3.70. The number of nitrogens with zero attached hydrogens (tertiary/aromatic N) is 1. The van der Waals surface area contributed by atoms with Crippen LogP contribution in [0.4, 0.5) is 0 Å². The van der Waals surface area contributed by atoms with Crippen molar-refractivity contribution in [2.45, 2.75) is 13.3 Å². The van der Waals surface area contributed by atoms with Crippen LogP contribution < -0.4 is 5.32 Å². The summed E-state index contributed by atoms with van der Waals surface area (Å²) in [6.07, 6.45) is 0.786. The highest BCUT2D eigenvalue weighted by atomic mass is 32.2. The van der Waals surface area contributed by atoms with Crippen LogP contribution >= 0.6 is 0 Å². The second-order valence-corrected chi connectivity index (χ2v) is 6.00. The third kappa shape index (κ3) is 4.39. The molecule has 0 amide bonds. The number of rotatable bonds is 4. The van der Waals surface area contributed by atoms with E-state index in [1.54, 1.807) is 0 Å². The lowest BCUT2D eigenvalue weighted by atomic mass is 10.4.